The van der Waals surface area contributed by atoms with Crippen molar-refractivity contribution < 1.29 is 5.11 Å². The molecule has 3 nitrogen and oxygen atoms in total. The molecular formula is C11H24N2O. The Balaban J connectivity index is 2.49. The second-order valence-corrected chi connectivity index (χ2v) is 4.52. The van der Waals surface area contributed by atoms with Gasteiger partial charge in [0.2, 0.25) is 0 Å². The van der Waals surface area contributed by atoms with Gasteiger partial charge in [-0.1, -0.05) is 6.92 Å². The molecule has 1 heterocycles. The van der Waals surface area contributed by atoms with E-state index < -0.39 is 0 Å². The van der Waals surface area contributed by atoms with Crippen LogP contribution in [0.3, 0.4) is 0 Å². The number of hydrogen-bond donors (Lipinski definition) is 1. The first-order valence-electron chi connectivity index (χ1n) is 5.68. The molecule has 1 aliphatic rings. The van der Waals surface area contributed by atoms with Gasteiger partial charge in [-0.2, -0.15) is 0 Å². The second kappa shape index (κ2) is 5.10. The minimum absolute atomic E-state index is 0.226. The number of hydrogen-bond acceptors (Lipinski definition) is 3. The molecule has 0 amide bonds. The van der Waals surface area contributed by atoms with Gasteiger partial charge < -0.3 is 10.0 Å². The quantitative estimate of drug-likeness (QED) is 0.729. The van der Waals surface area contributed by atoms with Crippen molar-refractivity contribution in [2.45, 2.75) is 45.4 Å². The van der Waals surface area contributed by atoms with Gasteiger partial charge in [-0.3, -0.25) is 4.90 Å². The number of nitrogens with zero attached hydrogens (tertiary/aromatic N) is 2. The third-order valence-corrected chi connectivity index (χ3v) is 3.55. The van der Waals surface area contributed by atoms with E-state index in [1.807, 2.05) is 6.92 Å². The van der Waals surface area contributed by atoms with E-state index in [0.29, 0.717) is 6.04 Å². The molecule has 0 aromatic rings. The van der Waals surface area contributed by atoms with Crippen LogP contribution in [0, 0.1) is 0 Å². The molecule has 1 N–H and O–H groups in total. The molecule has 0 spiro atoms. The van der Waals surface area contributed by atoms with Gasteiger partial charge in [-0.05, 0) is 27.3 Å². The highest BCUT2D eigenvalue weighted by Gasteiger charge is 2.27. The molecule has 3 atom stereocenters. The molecule has 1 fully saturated rings. The Bertz CT molecular complexity index is 173. The molecule has 1 saturated heterocycles. The number of aliphatic hydroxyl groups excluding tert-OH is 1. The van der Waals surface area contributed by atoms with E-state index in [4.69, 9.17) is 0 Å². The molecule has 14 heavy (non-hydrogen) atoms. The Morgan fingerprint density at radius 2 is 2.00 bits per heavy atom. The lowest BCUT2D eigenvalue weighted by Gasteiger charge is -2.42. The molecule has 0 aliphatic carbocycles. The average Bonchev–Trinajstić information content (AvgIpc) is 2.17. The van der Waals surface area contributed by atoms with Gasteiger partial charge in [0.25, 0.3) is 0 Å². The van der Waals surface area contributed by atoms with Gasteiger partial charge in [0.05, 0.1) is 6.10 Å². The van der Waals surface area contributed by atoms with Crippen molar-refractivity contribution in [3.63, 3.8) is 0 Å². The van der Waals surface area contributed by atoms with Crippen LogP contribution in [0.1, 0.15) is 27.2 Å². The zero-order valence-corrected chi connectivity index (χ0v) is 9.90. The van der Waals surface area contributed by atoms with Crippen molar-refractivity contribution in [3.05, 3.63) is 0 Å². The predicted molar refractivity (Wildman–Crippen MR) is 59.4 cm³/mol. The lowest BCUT2D eigenvalue weighted by atomic mass is 10.1. The normalized spacial score (nSPS) is 30.2. The van der Waals surface area contributed by atoms with Crippen LogP contribution in [0.4, 0.5) is 0 Å². The Labute approximate surface area is 87.7 Å². The van der Waals surface area contributed by atoms with Crippen molar-refractivity contribution in [3.8, 4) is 0 Å². The number of piperazine rings is 1. The van der Waals surface area contributed by atoms with E-state index >= 15 is 0 Å². The fraction of sp³-hybridized carbons (Fsp3) is 1.00. The average molecular weight is 200 g/mol. The van der Waals surface area contributed by atoms with Crippen molar-refractivity contribution in [1.29, 1.82) is 0 Å². The van der Waals surface area contributed by atoms with Gasteiger partial charge in [0.15, 0.2) is 0 Å². The number of aliphatic hydroxyl groups is 1. The zero-order chi connectivity index (χ0) is 10.7. The SMILES string of the molecule is CCC1CN(C(C)C(C)O)CCN1C. The molecule has 1 rings (SSSR count). The molecule has 0 saturated carbocycles. The smallest absolute Gasteiger partial charge is 0.0664 e. The van der Waals surface area contributed by atoms with Crippen molar-refractivity contribution in [1.82, 2.24) is 9.80 Å². The minimum Gasteiger partial charge on any atom is -0.392 e. The van der Waals surface area contributed by atoms with E-state index in [9.17, 15) is 5.11 Å². The van der Waals surface area contributed by atoms with Crippen LogP contribution in [-0.2, 0) is 0 Å². The van der Waals surface area contributed by atoms with Crippen LogP contribution in [0.15, 0.2) is 0 Å². The summed E-state index contributed by atoms with van der Waals surface area (Å²) >= 11 is 0. The second-order valence-electron chi connectivity index (χ2n) is 4.52. The van der Waals surface area contributed by atoms with E-state index in [1.54, 1.807) is 0 Å². The summed E-state index contributed by atoms with van der Waals surface area (Å²) in [5.41, 5.74) is 0. The highest BCUT2D eigenvalue weighted by Crippen LogP contribution is 2.14. The molecule has 3 unspecified atom stereocenters. The summed E-state index contributed by atoms with van der Waals surface area (Å²) in [5.74, 6) is 0. The summed E-state index contributed by atoms with van der Waals surface area (Å²) in [4.78, 5) is 4.82. The molecule has 0 aromatic carbocycles. The van der Waals surface area contributed by atoms with Crippen molar-refractivity contribution in [2.75, 3.05) is 26.7 Å². The standard InChI is InChI=1S/C11H24N2O/c1-5-11-8-13(7-6-12(11)4)9(2)10(3)14/h9-11,14H,5-8H2,1-4H3. The third-order valence-electron chi connectivity index (χ3n) is 3.55. The molecule has 84 valence electrons. The molecular weight excluding hydrogens is 176 g/mol. The van der Waals surface area contributed by atoms with Gasteiger partial charge >= 0.3 is 0 Å². The summed E-state index contributed by atoms with van der Waals surface area (Å²) in [5, 5.41) is 9.54. The number of likely N-dealkylation sites (N-methyl/N-ethyl adjacent to an activating group) is 1. The molecule has 0 aromatic heterocycles. The molecule has 0 radical (unpaired) electrons. The van der Waals surface area contributed by atoms with Crippen LogP contribution < -0.4 is 0 Å². The molecule has 3 heteroatoms. The third kappa shape index (κ3) is 2.69. The summed E-state index contributed by atoms with van der Waals surface area (Å²) in [6.07, 6.45) is 0.968. The van der Waals surface area contributed by atoms with Crippen LogP contribution in [0.25, 0.3) is 0 Å². The Morgan fingerprint density at radius 1 is 1.36 bits per heavy atom. The Morgan fingerprint density at radius 3 is 2.50 bits per heavy atom. The first kappa shape index (κ1) is 12.0. The predicted octanol–water partition coefficient (Wildman–Crippen LogP) is 0.782. The molecule has 0 bridgehead atoms. The van der Waals surface area contributed by atoms with E-state index in [2.05, 4.69) is 30.7 Å². The zero-order valence-electron chi connectivity index (χ0n) is 9.90. The van der Waals surface area contributed by atoms with E-state index in [1.165, 1.54) is 6.42 Å². The van der Waals surface area contributed by atoms with Crippen molar-refractivity contribution in [2.24, 2.45) is 0 Å². The monoisotopic (exact) mass is 200 g/mol. The van der Waals surface area contributed by atoms with Crippen LogP contribution >= 0.6 is 0 Å². The van der Waals surface area contributed by atoms with Crippen LogP contribution in [0.2, 0.25) is 0 Å². The van der Waals surface area contributed by atoms with Gasteiger partial charge in [-0.25, -0.2) is 0 Å². The maximum Gasteiger partial charge on any atom is 0.0664 e. The fourth-order valence-electron chi connectivity index (χ4n) is 2.09. The summed E-state index contributed by atoms with van der Waals surface area (Å²) in [6, 6.07) is 0.947. The highest BCUT2D eigenvalue weighted by atomic mass is 16.3. The lowest BCUT2D eigenvalue weighted by Crippen LogP contribution is -2.55. The highest BCUT2D eigenvalue weighted by molar-refractivity contribution is 4.83. The van der Waals surface area contributed by atoms with Crippen LogP contribution in [-0.4, -0.2) is 59.8 Å². The summed E-state index contributed by atoms with van der Waals surface area (Å²) in [7, 11) is 2.19. The maximum absolute atomic E-state index is 9.54. The lowest BCUT2D eigenvalue weighted by molar-refractivity contribution is 0.0167. The largest absolute Gasteiger partial charge is 0.392 e. The van der Waals surface area contributed by atoms with E-state index in [0.717, 1.165) is 19.6 Å². The Hall–Kier alpha value is -0.120. The fourth-order valence-corrected chi connectivity index (χ4v) is 2.09. The number of rotatable bonds is 3. The topological polar surface area (TPSA) is 26.7 Å². The van der Waals surface area contributed by atoms with Crippen LogP contribution in [0.5, 0.6) is 0 Å². The van der Waals surface area contributed by atoms with E-state index in [-0.39, 0.29) is 12.1 Å². The van der Waals surface area contributed by atoms with Gasteiger partial charge in [0, 0.05) is 31.7 Å². The maximum atomic E-state index is 9.54. The van der Waals surface area contributed by atoms with Gasteiger partial charge in [0.1, 0.15) is 0 Å². The Kier molecular flexibility index (Phi) is 4.35. The first-order chi connectivity index (χ1) is 6.56. The summed E-state index contributed by atoms with van der Waals surface area (Å²) < 4.78 is 0. The minimum atomic E-state index is -0.226. The first-order valence-corrected chi connectivity index (χ1v) is 5.68. The van der Waals surface area contributed by atoms with Gasteiger partial charge in [-0.15, -0.1) is 0 Å². The summed E-state index contributed by atoms with van der Waals surface area (Å²) in [6.45, 7) is 9.53. The molecule has 1 aliphatic heterocycles. The van der Waals surface area contributed by atoms with Crippen molar-refractivity contribution >= 4 is 0 Å².